The van der Waals surface area contributed by atoms with Crippen LogP contribution in [-0.2, 0) is 4.79 Å². The quantitative estimate of drug-likeness (QED) is 0.849. The van der Waals surface area contributed by atoms with Gasteiger partial charge in [-0.2, -0.15) is 0 Å². The Morgan fingerprint density at radius 1 is 1.08 bits per heavy atom. The molecule has 3 fully saturated rings. The van der Waals surface area contributed by atoms with Crippen LogP contribution in [-0.4, -0.2) is 48.9 Å². The molecule has 0 bridgehead atoms. The fraction of sp³-hybridized carbons (Fsp3) is 0.600. The van der Waals surface area contributed by atoms with Gasteiger partial charge in [-0.3, -0.25) is 9.59 Å². The van der Waals surface area contributed by atoms with Crippen molar-refractivity contribution in [1.82, 2.24) is 15.5 Å². The number of piperidine rings is 2. The van der Waals surface area contributed by atoms with Crippen molar-refractivity contribution < 1.29 is 9.59 Å². The minimum Gasteiger partial charge on any atom is -0.353 e. The Hall–Kier alpha value is -1.59. The maximum atomic E-state index is 12.6. The molecule has 0 radical (unpaired) electrons. The molecular formula is C20H28ClN3O2. The second-order valence-corrected chi connectivity index (χ2v) is 7.81. The highest BCUT2D eigenvalue weighted by Gasteiger charge is 2.57. The van der Waals surface area contributed by atoms with Crippen LogP contribution in [0.15, 0.2) is 30.3 Å². The molecule has 1 atom stereocenters. The Labute approximate surface area is 161 Å². The number of rotatable bonds is 3. The van der Waals surface area contributed by atoms with E-state index in [9.17, 15) is 9.59 Å². The molecule has 1 aromatic rings. The largest absolute Gasteiger partial charge is 0.353 e. The molecule has 6 heteroatoms. The fourth-order valence-electron chi connectivity index (χ4n) is 4.49. The fourth-order valence-corrected chi connectivity index (χ4v) is 4.49. The van der Waals surface area contributed by atoms with Crippen LogP contribution in [0.1, 0.15) is 42.5 Å². The van der Waals surface area contributed by atoms with Gasteiger partial charge in [0.25, 0.3) is 5.91 Å². The van der Waals surface area contributed by atoms with Crippen molar-refractivity contribution in [1.29, 1.82) is 0 Å². The average Bonchev–Trinajstić information content (AvgIpc) is 3.36. The number of likely N-dealkylation sites (tertiary alicyclic amines) is 1. The highest BCUT2D eigenvalue weighted by atomic mass is 35.5. The van der Waals surface area contributed by atoms with E-state index in [0.29, 0.717) is 5.41 Å². The van der Waals surface area contributed by atoms with Crippen molar-refractivity contribution in [3.63, 3.8) is 0 Å². The van der Waals surface area contributed by atoms with Crippen molar-refractivity contribution in [3.05, 3.63) is 35.9 Å². The van der Waals surface area contributed by atoms with Gasteiger partial charge in [-0.05, 0) is 62.7 Å². The molecule has 1 aliphatic carbocycles. The number of nitrogens with one attached hydrogen (secondary N) is 2. The molecule has 1 aromatic carbocycles. The number of nitrogens with zero attached hydrogens (tertiary/aromatic N) is 1. The minimum atomic E-state index is 0. The first-order valence-corrected chi connectivity index (χ1v) is 9.53. The number of hydrogen-bond acceptors (Lipinski definition) is 3. The molecule has 2 aliphatic heterocycles. The van der Waals surface area contributed by atoms with Crippen LogP contribution in [0.5, 0.6) is 0 Å². The summed E-state index contributed by atoms with van der Waals surface area (Å²) in [6.45, 7) is 3.53. The molecule has 5 nitrogen and oxygen atoms in total. The molecule has 3 aliphatic rings. The second-order valence-electron chi connectivity index (χ2n) is 7.81. The number of hydrogen-bond donors (Lipinski definition) is 2. The Morgan fingerprint density at radius 3 is 2.38 bits per heavy atom. The SMILES string of the molecule is Cl.O=C(NC1CCN(C(=O)c2ccccc2)CC1)C1CC12CCNCC2. The van der Waals surface area contributed by atoms with E-state index in [1.165, 1.54) is 0 Å². The molecule has 2 N–H and O–H groups in total. The predicted molar refractivity (Wildman–Crippen MR) is 103 cm³/mol. The summed E-state index contributed by atoms with van der Waals surface area (Å²) in [4.78, 5) is 27.0. The normalized spacial score (nSPS) is 24.6. The summed E-state index contributed by atoms with van der Waals surface area (Å²) in [5.74, 6) is 0.564. The lowest BCUT2D eigenvalue weighted by atomic mass is 9.91. The van der Waals surface area contributed by atoms with Gasteiger partial charge in [0.15, 0.2) is 0 Å². The smallest absolute Gasteiger partial charge is 0.253 e. The lowest BCUT2D eigenvalue weighted by Gasteiger charge is -2.33. The highest BCUT2D eigenvalue weighted by molar-refractivity contribution is 5.94. The molecule has 1 saturated carbocycles. The Kier molecular flexibility index (Phi) is 5.88. The van der Waals surface area contributed by atoms with Gasteiger partial charge >= 0.3 is 0 Å². The zero-order chi connectivity index (χ0) is 17.3. The predicted octanol–water partition coefficient (Wildman–Crippen LogP) is 2.22. The van der Waals surface area contributed by atoms with Crippen molar-refractivity contribution in [3.8, 4) is 0 Å². The van der Waals surface area contributed by atoms with Gasteiger partial charge in [-0.25, -0.2) is 0 Å². The molecule has 26 heavy (non-hydrogen) atoms. The van der Waals surface area contributed by atoms with Crippen LogP contribution in [0.3, 0.4) is 0 Å². The van der Waals surface area contributed by atoms with Crippen molar-refractivity contribution in [2.75, 3.05) is 26.2 Å². The molecule has 2 amide bonds. The van der Waals surface area contributed by atoms with Crippen LogP contribution >= 0.6 is 12.4 Å². The van der Waals surface area contributed by atoms with Gasteiger partial charge < -0.3 is 15.5 Å². The first-order valence-electron chi connectivity index (χ1n) is 9.53. The van der Waals surface area contributed by atoms with Gasteiger partial charge in [0.2, 0.25) is 5.91 Å². The number of amides is 2. The molecular weight excluding hydrogens is 350 g/mol. The van der Waals surface area contributed by atoms with Gasteiger partial charge in [0, 0.05) is 30.6 Å². The molecule has 2 heterocycles. The van der Waals surface area contributed by atoms with E-state index in [1.54, 1.807) is 0 Å². The first kappa shape index (κ1) is 19.2. The Bertz CT molecular complexity index is 638. The lowest BCUT2D eigenvalue weighted by Crippen LogP contribution is -2.47. The van der Waals surface area contributed by atoms with Crippen LogP contribution in [0.2, 0.25) is 0 Å². The third-order valence-electron chi connectivity index (χ3n) is 6.25. The van der Waals surface area contributed by atoms with Crippen LogP contribution in [0.4, 0.5) is 0 Å². The number of carbonyl (C=O) groups is 2. The summed E-state index contributed by atoms with van der Waals surface area (Å²) < 4.78 is 0. The lowest BCUT2D eigenvalue weighted by molar-refractivity contribution is -0.124. The number of halogens is 1. The molecule has 0 aromatic heterocycles. The van der Waals surface area contributed by atoms with E-state index in [0.717, 1.165) is 63.8 Å². The summed E-state index contributed by atoms with van der Waals surface area (Å²) in [7, 11) is 0. The molecule has 142 valence electrons. The zero-order valence-corrected chi connectivity index (χ0v) is 15.9. The molecule has 2 saturated heterocycles. The highest BCUT2D eigenvalue weighted by Crippen LogP contribution is 2.58. The van der Waals surface area contributed by atoms with Crippen molar-refractivity contribution >= 4 is 24.2 Å². The summed E-state index contributed by atoms with van der Waals surface area (Å²) >= 11 is 0. The molecule has 1 unspecified atom stereocenters. The maximum Gasteiger partial charge on any atom is 0.253 e. The van der Waals surface area contributed by atoms with Gasteiger partial charge in [-0.1, -0.05) is 18.2 Å². The van der Waals surface area contributed by atoms with E-state index in [-0.39, 0.29) is 36.2 Å². The van der Waals surface area contributed by atoms with Crippen molar-refractivity contribution in [2.24, 2.45) is 11.3 Å². The van der Waals surface area contributed by atoms with E-state index in [2.05, 4.69) is 10.6 Å². The monoisotopic (exact) mass is 377 g/mol. The van der Waals surface area contributed by atoms with Crippen LogP contribution in [0.25, 0.3) is 0 Å². The summed E-state index contributed by atoms with van der Waals surface area (Å²) in [5.41, 5.74) is 1.04. The van der Waals surface area contributed by atoms with Crippen molar-refractivity contribution in [2.45, 2.75) is 38.1 Å². The Balaban J connectivity index is 0.00000196. The maximum absolute atomic E-state index is 12.6. The molecule has 4 rings (SSSR count). The summed E-state index contributed by atoms with van der Waals surface area (Å²) in [5, 5.41) is 6.64. The van der Waals surface area contributed by atoms with E-state index in [4.69, 9.17) is 0 Å². The topological polar surface area (TPSA) is 61.4 Å². The van der Waals surface area contributed by atoms with Crippen LogP contribution < -0.4 is 10.6 Å². The number of benzene rings is 1. The van der Waals surface area contributed by atoms with E-state index < -0.39 is 0 Å². The van der Waals surface area contributed by atoms with Gasteiger partial charge in [-0.15, -0.1) is 12.4 Å². The third kappa shape index (κ3) is 3.89. The van der Waals surface area contributed by atoms with E-state index in [1.807, 2.05) is 35.2 Å². The molecule has 1 spiro atoms. The third-order valence-corrected chi connectivity index (χ3v) is 6.25. The second kappa shape index (κ2) is 7.97. The van der Waals surface area contributed by atoms with Gasteiger partial charge in [0.1, 0.15) is 0 Å². The zero-order valence-electron chi connectivity index (χ0n) is 15.1. The first-order chi connectivity index (χ1) is 12.2. The number of carbonyl (C=O) groups excluding carboxylic acids is 2. The Morgan fingerprint density at radius 2 is 1.73 bits per heavy atom. The summed E-state index contributed by atoms with van der Waals surface area (Å²) in [6, 6.07) is 9.65. The van der Waals surface area contributed by atoms with E-state index >= 15 is 0 Å². The average molecular weight is 378 g/mol. The van der Waals surface area contributed by atoms with Gasteiger partial charge in [0.05, 0.1) is 0 Å². The van der Waals surface area contributed by atoms with Crippen LogP contribution in [0, 0.1) is 11.3 Å². The standard InChI is InChI=1S/C20H27N3O2.ClH/c24-18(17-14-20(17)8-10-21-11-9-20)22-16-6-12-23(13-7-16)19(25)15-4-2-1-3-5-15;/h1-5,16-17,21H,6-14H2,(H,22,24);1H. The minimum absolute atomic E-state index is 0. The summed E-state index contributed by atoms with van der Waals surface area (Å²) in [6.07, 6.45) is 5.03.